The lowest BCUT2D eigenvalue weighted by atomic mass is 9.97. The molecule has 0 spiro atoms. The number of carboxylic acids is 2. The molecule has 2 aliphatic rings. The smallest absolute Gasteiger partial charge is 0.407 e. The molecular weight excluding hydrogens is 658 g/mol. The number of carbonyl (C=O) groups excluding carboxylic acids is 2. The summed E-state index contributed by atoms with van der Waals surface area (Å²) in [6.07, 6.45) is -14.9. The highest BCUT2D eigenvalue weighted by Gasteiger charge is 2.45. The number of hydrogen-bond donors (Lipinski definition) is 13. The maximum absolute atomic E-state index is 12.7. The van der Waals surface area contributed by atoms with Crippen LogP contribution in [-0.4, -0.2) is 228 Å². The molecule has 2 aliphatic heterocycles. The van der Waals surface area contributed by atoms with Crippen molar-refractivity contribution in [3.05, 3.63) is 0 Å². The van der Waals surface area contributed by atoms with Gasteiger partial charge >= 0.3 is 18.0 Å². The highest BCUT2D eigenvalue weighted by atomic mass is 16.6. The lowest BCUT2D eigenvalue weighted by molar-refractivity contribution is -0.253. The summed E-state index contributed by atoms with van der Waals surface area (Å²) < 4.78 is 9.89. The van der Waals surface area contributed by atoms with Crippen molar-refractivity contribution in [2.75, 3.05) is 65.6 Å². The van der Waals surface area contributed by atoms with Crippen LogP contribution in [0.3, 0.4) is 0 Å². The van der Waals surface area contributed by atoms with Gasteiger partial charge in [0.05, 0.1) is 32.8 Å². The van der Waals surface area contributed by atoms with E-state index < -0.39 is 137 Å². The highest BCUT2D eigenvalue weighted by Crippen LogP contribution is 2.21. The number of carboxylic acid groups (broad SMARTS) is 3. The van der Waals surface area contributed by atoms with Crippen molar-refractivity contribution in [3.8, 4) is 0 Å². The van der Waals surface area contributed by atoms with E-state index >= 15 is 0 Å². The second-order valence-electron chi connectivity index (χ2n) is 11.1. The van der Waals surface area contributed by atoms with Gasteiger partial charge in [0.25, 0.3) is 0 Å². The van der Waals surface area contributed by atoms with Crippen LogP contribution in [0.5, 0.6) is 0 Å². The third kappa shape index (κ3) is 12.0. The Morgan fingerprint density at radius 2 is 0.938 bits per heavy atom. The predicted molar refractivity (Wildman–Crippen MR) is 152 cm³/mol. The lowest BCUT2D eigenvalue weighted by Gasteiger charge is -2.40. The summed E-state index contributed by atoms with van der Waals surface area (Å²) in [6, 6.07) is -3.14. The van der Waals surface area contributed by atoms with E-state index in [1.807, 2.05) is 0 Å². The highest BCUT2D eigenvalue weighted by molar-refractivity contribution is 5.82. The van der Waals surface area contributed by atoms with Crippen molar-refractivity contribution in [2.24, 2.45) is 0 Å². The fourth-order valence-electron chi connectivity index (χ4n) is 5.00. The Labute approximate surface area is 272 Å². The molecule has 3 amide bonds. The minimum atomic E-state index is -1.86. The quantitative estimate of drug-likeness (QED) is 0.0631. The summed E-state index contributed by atoms with van der Waals surface area (Å²) in [6.45, 7) is -5.69. The van der Waals surface area contributed by atoms with E-state index in [-0.39, 0.29) is 19.6 Å². The molecule has 48 heavy (non-hydrogen) atoms. The average Bonchev–Trinajstić information content (AvgIpc) is 3.00. The van der Waals surface area contributed by atoms with Crippen molar-refractivity contribution in [3.63, 3.8) is 0 Å². The van der Waals surface area contributed by atoms with Crippen LogP contribution in [0.4, 0.5) is 4.79 Å². The first-order valence-corrected chi connectivity index (χ1v) is 14.5. The van der Waals surface area contributed by atoms with Gasteiger partial charge in [0.2, 0.25) is 11.8 Å². The molecule has 0 aromatic heterocycles. The Hall–Kier alpha value is -3.33. The first-order valence-electron chi connectivity index (χ1n) is 14.5. The van der Waals surface area contributed by atoms with Gasteiger partial charge in [-0.2, -0.15) is 0 Å². The van der Waals surface area contributed by atoms with Crippen molar-refractivity contribution < 1.29 is 89.6 Å². The van der Waals surface area contributed by atoms with Crippen molar-refractivity contribution in [2.45, 2.75) is 61.3 Å². The Morgan fingerprint density at radius 1 is 0.542 bits per heavy atom. The fraction of sp³-hybridized carbons (Fsp3) is 0.800. The van der Waals surface area contributed by atoms with Gasteiger partial charge < -0.3 is 76.3 Å². The first-order chi connectivity index (χ1) is 22.5. The van der Waals surface area contributed by atoms with E-state index in [1.54, 1.807) is 0 Å². The number of aliphatic hydroxyl groups excluding tert-OH is 8. The molecule has 0 aromatic carbocycles. The summed E-state index contributed by atoms with van der Waals surface area (Å²) in [5.41, 5.74) is 0. The molecule has 4 unspecified atom stereocenters. The van der Waals surface area contributed by atoms with Crippen LogP contribution in [0.2, 0.25) is 0 Å². The molecule has 0 radical (unpaired) electrons. The number of nitrogens with zero attached hydrogens (tertiary/aromatic N) is 3. The zero-order valence-electron chi connectivity index (χ0n) is 25.5. The van der Waals surface area contributed by atoms with Crippen LogP contribution in [0.25, 0.3) is 0 Å². The molecule has 0 saturated carbocycles. The Bertz CT molecular complexity index is 1100. The van der Waals surface area contributed by atoms with Crippen LogP contribution in [-0.2, 0) is 28.7 Å². The minimum Gasteiger partial charge on any atom is -0.480 e. The summed E-state index contributed by atoms with van der Waals surface area (Å²) in [4.78, 5) is 62.8. The Balaban J connectivity index is 2.00. The zero-order chi connectivity index (χ0) is 36.3. The van der Waals surface area contributed by atoms with Gasteiger partial charge in [0.1, 0.15) is 55.3 Å². The van der Waals surface area contributed by atoms with E-state index in [9.17, 15) is 75.0 Å². The number of nitrogens with one attached hydrogen (secondary N) is 2. The largest absolute Gasteiger partial charge is 0.480 e. The fourth-order valence-corrected chi connectivity index (χ4v) is 5.00. The number of aliphatic hydroxyl groups is 8. The molecule has 276 valence electrons. The van der Waals surface area contributed by atoms with Gasteiger partial charge in [-0.05, 0) is 0 Å². The number of hydrogen-bond acceptors (Lipinski definition) is 17. The number of ether oxygens (including phenoxy) is 2. The van der Waals surface area contributed by atoms with Crippen molar-refractivity contribution in [1.29, 1.82) is 0 Å². The lowest BCUT2D eigenvalue weighted by Crippen LogP contribution is -2.64. The maximum Gasteiger partial charge on any atom is 0.407 e. The van der Waals surface area contributed by atoms with Gasteiger partial charge in [-0.1, -0.05) is 0 Å². The number of carbonyl (C=O) groups is 5. The zero-order valence-corrected chi connectivity index (χ0v) is 25.5. The van der Waals surface area contributed by atoms with Crippen molar-refractivity contribution >= 4 is 29.8 Å². The molecule has 23 heteroatoms. The molecule has 0 aliphatic carbocycles. The topological polar surface area (TPSA) is 360 Å². The molecule has 13 N–H and O–H groups in total. The summed E-state index contributed by atoms with van der Waals surface area (Å²) >= 11 is 0. The summed E-state index contributed by atoms with van der Waals surface area (Å²) in [7, 11) is 0. The third-order valence-electron chi connectivity index (χ3n) is 7.56. The molecule has 2 rings (SSSR count). The van der Waals surface area contributed by atoms with Gasteiger partial charge in [-0.25, -0.2) is 4.79 Å². The van der Waals surface area contributed by atoms with E-state index in [1.165, 1.54) is 4.90 Å². The summed E-state index contributed by atoms with van der Waals surface area (Å²) in [5.74, 6) is -4.70. The van der Waals surface area contributed by atoms with Crippen LogP contribution in [0.15, 0.2) is 0 Å². The van der Waals surface area contributed by atoms with E-state index in [0.717, 1.165) is 4.90 Å². The minimum absolute atomic E-state index is 0.233. The predicted octanol–water partition coefficient (Wildman–Crippen LogP) is -8.43. The molecule has 10 atom stereocenters. The Morgan fingerprint density at radius 3 is 1.35 bits per heavy atom. The summed E-state index contributed by atoms with van der Waals surface area (Å²) in [5, 5.41) is 111. The Kier molecular flexibility index (Phi) is 16.2. The molecule has 2 saturated heterocycles. The standard InChI is InChI=1S/C25H43N5O18/c31-9-11-19(39)21(41)17(23(43)47-11)26-13(33)5-29(8-16(37)38)2-1-28(7-15(35)36)3-4-30(25(45)46)6-14(34)27-18-22(42)20(40)12(10-32)48-24(18)44/h11-12,17-24,31-32,39-44H,1-10H2,(H,26,33)(H,27,34)(H,35,36)(H,37,38)(H,45,46)/t11-,12+,17?,18?,19+,20-,21+,22-,23?,24?/m0/s1. The second kappa shape index (κ2) is 19.0. The number of rotatable bonds is 18. The number of amides is 3. The van der Waals surface area contributed by atoms with Crippen LogP contribution in [0.1, 0.15) is 0 Å². The SMILES string of the molecule is O=C(O)CN(CCN(CC(=O)O)CC(=O)NC1C(O)O[C@@H](CO)[C@@H](O)[C@@H]1O)CCN(CC(=O)NC1C(O)O[C@H](CO)[C@H](O)[C@H]1O)C(=O)O. The first kappa shape index (κ1) is 40.8. The maximum atomic E-state index is 12.7. The van der Waals surface area contributed by atoms with E-state index in [0.29, 0.717) is 4.90 Å². The van der Waals surface area contributed by atoms with E-state index in [4.69, 9.17) is 14.6 Å². The monoisotopic (exact) mass is 701 g/mol. The van der Waals surface area contributed by atoms with Crippen molar-refractivity contribution in [1.82, 2.24) is 25.3 Å². The normalized spacial score (nSPS) is 30.5. The third-order valence-corrected chi connectivity index (χ3v) is 7.56. The van der Waals surface area contributed by atoms with Gasteiger partial charge in [0.15, 0.2) is 12.6 Å². The number of aliphatic carboxylic acids is 2. The molecule has 2 fully saturated rings. The van der Waals surface area contributed by atoms with Gasteiger partial charge in [-0.15, -0.1) is 0 Å². The van der Waals surface area contributed by atoms with E-state index in [2.05, 4.69) is 10.6 Å². The van der Waals surface area contributed by atoms with Gasteiger partial charge in [0, 0.05) is 26.2 Å². The van der Waals surface area contributed by atoms with Crippen LogP contribution < -0.4 is 10.6 Å². The second-order valence-corrected chi connectivity index (χ2v) is 11.1. The molecular formula is C25H43N5O18. The molecule has 2 heterocycles. The molecule has 23 nitrogen and oxygen atoms in total. The van der Waals surface area contributed by atoms with Crippen LogP contribution >= 0.6 is 0 Å². The molecule has 0 bridgehead atoms. The van der Waals surface area contributed by atoms with Crippen LogP contribution in [0, 0.1) is 0 Å². The van der Waals surface area contributed by atoms with Gasteiger partial charge in [-0.3, -0.25) is 33.9 Å². The molecule has 0 aromatic rings. The average molecular weight is 702 g/mol.